The fraction of sp³-hybridized carbons (Fsp3) is 0.143. The van der Waals surface area contributed by atoms with Gasteiger partial charge in [0.2, 0.25) is 0 Å². The largest absolute Gasteiger partial charge is 0.288 e. The number of nitro groups is 2. The quantitative estimate of drug-likeness (QED) is 0.560. The molecule has 0 radical (unpaired) electrons. The summed E-state index contributed by atoms with van der Waals surface area (Å²) in [6, 6.07) is 9.40. The molecule has 0 saturated heterocycles. The van der Waals surface area contributed by atoms with E-state index in [0.29, 0.717) is 0 Å². The smallest absolute Gasteiger partial charge is 0.258 e. The van der Waals surface area contributed by atoms with Crippen molar-refractivity contribution in [3.05, 3.63) is 77.8 Å². The van der Waals surface area contributed by atoms with Crippen LogP contribution < -0.4 is 0 Å². The second-order valence-corrected chi connectivity index (χ2v) is 5.24. The van der Waals surface area contributed by atoms with Crippen LogP contribution in [0.3, 0.4) is 0 Å². The molecule has 0 fully saturated rings. The number of halogens is 2. The van der Waals surface area contributed by atoms with E-state index in [-0.39, 0.29) is 21.4 Å². The van der Waals surface area contributed by atoms with Gasteiger partial charge >= 0.3 is 0 Å². The molecule has 2 aromatic carbocycles. The topological polar surface area (TPSA) is 86.3 Å². The molecule has 0 amide bonds. The van der Waals surface area contributed by atoms with Crippen LogP contribution >= 0.6 is 23.2 Å². The summed E-state index contributed by atoms with van der Waals surface area (Å²) in [6.45, 7) is 3.56. The predicted molar refractivity (Wildman–Crippen MR) is 85.7 cm³/mol. The summed E-state index contributed by atoms with van der Waals surface area (Å²) in [5.41, 5.74) is 1.60. The van der Waals surface area contributed by atoms with E-state index >= 15 is 0 Å². The van der Waals surface area contributed by atoms with Crippen molar-refractivity contribution in [1.82, 2.24) is 0 Å². The van der Waals surface area contributed by atoms with E-state index < -0.39 is 9.85 Å². The molecule has 6 nitrogen and oxygen atoms in total. The lowest BCUT2D eigenvalue weighted by Gasteiger charge is -1.94. The van der Waals surface area contributed by atoms with Gasteiger partial charge in [-0.2, -0.15) is 0 Å². The highest BCUT2D eigenvalue weighted by Crippen LogP contribution is 2.25. The second-order valence-electron chi connectivity index (χ2n) is 4.42. The van der Waals surface area contributed by atoms with E-state index in [1.54, 1.807) is 26.0 Å². The van der Waals surface area contributed by atoms with Crippen LogP contribution in [0.25, 0.3) is 0 Å². The maximum absolute atomic E-state index is 10.3. The number of hydrogen-bond acceptors (Lipinski definition) is 4. The highest BCUT2D eigenvalue weighted by Gasteiger charge is 2.11. The minimum absolute atomic E-state index is 0.0355. The summed E-state index contributed by atoms with van der Waals surface area (Å²) < 4.78 is 0. The molecule has 0 aliphatic rings. The lowest BCUT2D eigenvalue weighted by Crippen LogP contribution is -1.89. The fourth-order valence-electron chi connectivity index (χ4n) is 1.53. The van der Waals surface area contributed by atoms with Gasteiger partial charge in [0.05, 0.1) is 9.85 Å². The van der Waals surface area contributed by atoms with Gasteiger partial charge < -0.3 is 0 Å². The Labute approximate surface area is 136 Å². The standard InChI is InChI=1S/2C7H6ClNO2/c2*1-5-2-3-6(8)7(4-5)9(10)11/h2*2-4H,1H3. The zero-order valence-electron chi connectivity index (χ0n) is 11.7. The Hall–Kier alpha value is -2.18. The summed E-state index contributed by atoms with van der Waals surface area (Å²) >= 11 is 11.1. The summed E-state index contributed by atoms with van der Waals surface area (Å²) in [7, 11) is 0. The maximum atomic E-state index is 10.3. The van der Waals surface area contributed by atoms with Crippen molar-refractivity contribution in [2.75, 3.05) is 0 Å². The van der Waals surface area contributed by atoms with E-state index in [9.17, 15) is 20.2 Å². The third kappa shape index (κ3) is 4.98. The van der Waals surface area contributed by atoms with Gasteiger partial charge in [-0.15, -0.1) is 0 Å². The highest BCUT2D eigenvalue weighted by atomic mass is 35.5. The predicted octanol–water partition coefficient (Wildman–Crippen LogP) is 5.11. The molecule has 0 aliphatic heterocycles. The van der Waals surface area contributed by atoms with Crippen molar-refractivity contribution >= 4 is 34.6 Å². The van der Waals surface area contributed by atoms with Crippen molar-refractivity contribution in [1.29, 1.82) is 0 Å². The number of nitrogens with zero attached hydrogens (tertiary/aromatic N) is 2. The van der Waals surface area contributed by atoms with Gasteiger partial charge in [0.15, 0.2) is 0 Å². The van der Waals surface area contributed by atoms with Gasteiger partial charge in [0, 0.05) is 12.1 Å². The third-order valence-corrected chi connectivity index (χ3v) is 3.24. The zero-order valence-corrected chi connectivity index (χ0v) is 13.3. The van der Waals surface area contributed by atoms with Crippen LogP contribution in [-0.4, -0.2) is 9.85 Å². The van der Waals surface area contributed by atoms with Crippen LogP contribution in [0.1, 0.15) is 11.1 Å². The van der Waals surface area contributed by atoms with Gasteiger partial charge in [0.1, 0.15) is 10.0 Å². The molecule has 0 atom stereocenters. The second kappa shape index (κ2) is 7.72. The molecule has 0 aliphatic carbocycles. The fourth-order valence-corrected chi connectivity index (χ4v) is 1.90. The number of nitro benzene ring substituents is 2. The van der Waals surface area contributed by atoms with E-state index in [4.69, 9.17) is 23.2 Å². The Morgan fingerprint density at radius 1 is 0.773 bits per heavy atom. The molecular formula is C14H12Cl2N2O4. The molecule has 0 saturated carbocycles. The van der Waals surface area contributed by atoms with Crippen molar-refractivity contribution in [3.63, 3.8) is 0 Å². The Morgan fingerprint density at radius 3 is 1.32 bits per heavy atom. The van der Waals surface area contributed by atoms with Crippen molar-refractivity contribution in [2.45, 2.75) is 13.8 Å². The van der Waals surface area contributed by atoms with Crippen LogP contribution in [0.5, 0.6) is 0 Å². The van der Waals surface area contributed by atoms with Crippen LogP contribution in [0, 0.1) is 34.1 Å². The zero-order chi connectivity index (χ0) is 16.9. The lowest BCUT2D eigenvalue weighted by molar-refractivity contribution is -0.384. The first-order chi connectivity index (χ1) is 10.2. The summed E-state index contributed by atoms with van der Waals surface area (Å²) in [4.78, 5) is 19.6. The number of rotatable bonds is 2. The Kier molecular flexibility index (Phi) is 6.27. The van der Waals surface area contributed by atoms with Gasteiger partial charge in [-0.1, -0.05) is 35.3 Å². The summed E-state index contributed by atoms with van der Waals surface area (Å²) in [6.07, 6.45) is 0. The Morgan fingerprint density at radius 2 is 1.09 bits per heavy atom. The molecule has 2 aromatic rings. The minimum Gasteiger partial charge on any atom is -0.258 e. The molecule has 8 heteroatoms. The highest BCUT2D eigenvalue weighted by molar-refractivity contribution is 6.32. The molecule has 116 valence electrons. The molecule has 2 rings (SSSR count). The first-order valence-electron chi connectivity index (χ1n) is 6.03. The SMILES string of the molecule is Cc1ccc(Cl)c([N+](=O)[O-])c1.Cc1ccc(Cl)c([N+](=O)[O-])c1. The van der Waals surface area contributed by atoms with Crippen LogP contribution in [0.4, 0.5) is 11.4 Å². The molecule has 22 heavy (non-hydrogen) atoms. The number of benzene rings is 2. The lowest BCUT2D eigenvalue weighted by atomic mass is 10.2. The van der Waals surface area contributed by atoms with Crippen molar-refractivity contribution in [3.8, 4) is 0 Å². The normalized spacial score (nSPS) is 9.64. The van der Waals surface area contributed by atoms with Gasteiger partial charge in [-0.25, -0.2) is 0 Å². The molecule has 0 aromatic heterocycles. The van der Waals surface area contributed by atoms with Gasteiger partial charge in [-0.05, 0) is 37.1 Å². The summed E-state index contributed by atoms with van der Waals surface area (Å²) in [5.74, 6) is 0. The molecule has 0 spiro atoms. The average Bonchev–Trinajstić information content (AvgIpc) is 2.44. The Bertz CT molecular complexity index is 658. The van der Waals surface area contributed by atoms with Crippen LogP contribution in [0.15, 0.2) is 36.4 Å². The first-order valence-corrected chi connectivity index (χ1v) is 6.79. The van der Waals surface area contributed by atoms with Crippen LogP contribution in [0.2, 0.25) is 10.0 Å². The molecule has 0 N–H and O–H groups in total. The van der Waals surface area contributed by atoms with E-state index in [0.717, 1.165) is 11.1 Å². The molecule has 0 bridgehead atoms. The number of hydrogen-bond donors (Lipinski definition) is 0. The maximum Gasteiger partial charge on any atom is 0.288 e. The van der Waals surface area contributed by atoms with Gasteiger partial charge in [0.25, 0.3) is 11.4 Å². The first kappa shape index (κ1) is 17.9. The van der Waals surface area contributed by atoms with E-state index in [1.165, 1.54) is 24.3 Å². The molecule has 0 unspecified atom stereocenters. The average molecular weight is 343 g/mol. The summed E-state index contributed by atoms with van der Waals surface area (Å²) in [5, 5.41) is 21.0. The van der Waals surface area contributed by atoms with Gasteiger partial charge in [-0.3, -0.25) is 20.2 Å². The van der Waals surface area contributed by atoms with Crippen molar-refractivity contribution < 1.29 is 9.85 Å². The number of aryl methyl sites for hydroxylation is 2. The molecule has 0 heterocycles. The van der Waals surface area contributed by atoms with Crippen molar-refractivity contribution in [2.24, 2.45) is 0 Å². The monoisotopic (exact) mass is 342 g/mol. The van der Waals surface area contributed by atoms with E-state index in [2.05, 4.69) is 0 Å². The van der Waals surface area contributed by atoms with E-state index in [1.807, 2.05) is 0 Å². The molecular weight excluding hydrogens is 331 g/mol. The third-order valence-electron chi connectivity index (χ3n) is 2.60. The Balaban J connectivity index is 0.000000220. The van der Waals surface area contributed by atoms with Crippen LogP contribution in [-0.2, 0) is 0 Å². The minimum atomic E-state index is -0.491.